The van der Waals surface area contributed by atoms with Gasteiger partial charge in [-0.05, 0) is 18.8 Å². The molecule has 5 heteroatoms. The first-order valence-electron chi connectivity index (χ1n) is 4.79. The number of nitrogens with zero attached hydrogens (tertiary/aromatic N) is 1. The summed E-state index contributed by atoms with van der Waals surface area (Å²) in [5.74, 6) is 0.468. The highest BCUT2D eigenvalue weighted by Crippen LogP contribution is 2.31. The lowest BCUT2D eigenvalue weighted by Gasteiger charge is -2.10. The number of aromatic amines is 1. The first-order chi connectivity index (χ1) is 6.77. The van der Waals surface area contributed by atoms with Gasteiger partial charge in [0.05, 0.1) is 12.5 Å². The Morgan fingerprint density at radius 3 is 3.14 bits per heavy atom. The van der Waals surface area contributed by atoms with Crippen molar-refractivity contribution in [3.8, 4) is 0 Å². The number of carbonyl (C=O) groups is 1. The van der Waals surface area contributed by atoms with E-state index in [4.69, 9.17) is 5.73 Å². The molecule has 1 atom stereocenters. The molecule has 5 nitrogen and oxygen atoms in total. The minimum absolute atomic E-state index is 0.0990. The van der Waals surface area contributed by atoms with Gasteiger partial charge in [0.15, 0.2) is 0 Å². The van der Waals surface area contributed by atoms with Gasteiger partial charge >= 0.3 is 0 Å². The molecule has 2 rings (SSSR count). The average molecular weight is 194 g/mol. The van der Waals surface area contributed by atoms with Crippen LogP contribution in [-0.4, -0.2) is 28.5 Å². The summed E-state index contributed by atoms with van der Waals surface area (Å²) in [7, 11) is 0. The number of aromatic nitrogens is 2. The van der Waals surface area contributed by atoms with E-state index in [1.807, 2.05) is 0 Å². The van der Waals surface area contributed by atoms with Crippen molar-refractivity contribution >= 4 is 5.91 Å². The van der Waals surface area contributed by atoms with Gasteiger partial charge in [0, 0.05) is 12.6 Å². The molecule has 1 aliphatic rings. The number of rotatable bonds is 4. The van der Waals surface area contributed by atoms with E-state index in [2.05, 4.69) is 15.3 Å². The fourth-order valence-corrected chi connectivity index (χ4v) is 1.38. The zero-order valence-electron chi connectivity index (χ0n) is 7.86. The molecule has 0 aliphatic heterocycles. The minimum Gasteiger partial charge on any atom is -0.349 e. The predicted octanol–water partition coefficient (Wildman–Crippen LogP) is -0.123. The Morgan fingerprint density at radius 1 is 1.79 bits per heavy atom. The van der Waals surface area contributed by atoms with Crippen molar-refractivity contribution in [1.82, 2.24) is 15.3 Å². The van der Waals surface area contributed by atoms with Gasteiger partial charge in [0.25, 0.3) is 5.91 Å². The lowest BCUT2D eigenvalue weighted by Crippen LogP contribution is -2.38. The van der Waals surface area contributed by atoms with Crippen LogP contribution in [0.15, 0.2) is 12.5 Å². The van der Waals surface area contributed by atoms with Gasteiger partial charge in [0.1, 0.15) is 5.69 Å². The predicted molar refractivity (Wildman–Crippen MR) is 51.6 cm³/mol. The molecule has 1 fully saturated rings. The molecule has 1 aliphatic carbocycles. The highest BCUT2D eigenvalue weighted by atomic mass is 16.1. The van der Waals surface area contributed by atoms with Crippen molar-refractivity contribution in [1.29, 1.82) is 0 Å². The van der Waals surface area contributed by atoms with Gasteiger partial charge in [-0.1, -0.05) is 0 Å². The van der Waals surface area contributed by atoms with Gasteiger partial charge in [-0.25, -0.2) is 4.98 Å². The normalized spacial score (nSPS) is 17.8. The summed E-state index contributed by atoms with van der Waals surface area (Å²) in [5, 5.41) is 2.77. The zero-order valence-corrected chi connectivity index (χ0v) is 7.86. The highest BCUT2D eigenvalue weighted by molar-refractivity contribution is 5.91. The number of hydrogen-bond acceptors (Lipinski definition) is 3. The highest BCUT2D eigenvalue weighted by Gasteiger charge is 2.28. The van der Waals surface area contributed by atoms with Gasteiger partial charge < -0.3 is 16.0 Å². The molecule has 1 unspecified atom stereocenters. The molecule has 4 N–H and O–H groups in total. The standard InChI is InChI=1S/C9H14N4O/c10-7(6-1-2-6)3-12-9(14)8-4-11-5-13-8/h4-7H,1-3,10H2,(H,11,13)(H,12,14). The van der Waals surface area contributed by atoms with E-state index in [9.17, 15) is 4.79 Å². The molecule has 1 saturated carbocycles. The lowest BCUT2D eigenvalue weighted by atomic mass is 10.2. The molecular formula is C9H14N4O. The van der Waals surface area contributed by atoms with Crippen LogP contribution in [0.4, 0.5) is 0 Å². The maximum Gasteiger partial charge on any atom is 0.269 e. The Bertz CT molecular complexity index is 305. The summed E-state index contributed by atoms with van der Waals surface area (Å²) in [6.45, 7) is 0.544. The fraction of sp³-hybridized carbons (Fsp3) is 0.556. The van der Waals surface area contributed by atoms with Crippen molar-refractivity contribution < 1.29 is 4.79 Å². The van der Waals surface area contributed by atoms with Crippen LogP contribution in [0.3, 0.4) is 0 Å². The third-order valence-electron chi connectivity index (χ3n) is 2.47. The second-order valence-electron chi connectivity index (χ2n) is 3.68. The second kappa shape index (κ2) is 3.79. The molecule has 1 amide bonds. The summed E-state index contributed by atoms with van der Waals surface area (Å²) in [5.41, 5.74) is 6.32. The van der Waals surface area contributed by atoms with E-state index in [0.717, 1.165) is 0 Å². The molecule has 0 bridgehead atoms. The molecule has 0 spiro atoms. The van der Waals surface area contributed by atoms with Crippen LogP contribution < -0.4 is 11.1 Å². The molecular weight excluding hydrogens is 180 g/mol. The fourth-order valence-electron chi connectivity index (χ4n) is 1.38. The number of H-pyrrole nitrogens is 1. The molecule has 1 aromatic rings. The Morgan fingerprint density at radius 2 is 2.57 bits per heavy atom. The molecule has 76 valence electrons. The number of nitrogens with one attached hydrogen (secondary N) is 2. The van der Waals surface area contributed by atoms with Gasteiger partial charge in [0.2, 0.25) is 0 Å². The summed E-state index contributed by atoms with van der Waals surface area (Å²) in [4.78, 5) is 17.9. The van der Waals surface area contributed by atoms with Crippen LogP contribution in [0.25, 0.3) is 0 Å². The minimum atomic E-state index is -0.140. The Labute approximate surface area is 82.1 Å². The van der Waals surface area contributed by atoms with Crippen LogP contribution in [-0.2, 0) is 0 Å². The van der Waals surface area contributed by atoms with Gasteiger partial charge in [-0.2, -0.15) is 0 Å². The maximum absolute atomic E-state index is 11.4. The molecule has 1 aromatic heterocycles. The third kappa shape index (κ3) is 2.11. The monoisotopic (exact) mass is 194 g/mol. The Kier molecular flexibility index (Phi) is 2.49. The van der Waals surface area contributed by atoms with Crippen molar-refractivity contribution in [2.45, 2.75) is 18.9 Å². The molecule has 14 heavy (non-hydrogen) atoms. The molecule has 0 saturated heterocycles. The summed E-state index contributed by atoms with van der Waals surface area (Å²) in [6.07, 6.45) is 5.37. The van der Waals surface area contributed by atoms with E-state index < -0.39 is 0 Å². The van der Waals surface area contributed by atoms with Crippen molar-refractivity contribution in [3.05, 3.63) is 18.2 Å². The summed E-state index contributed by atoms with van der Waals surface area (Å²) in [6, 6.07) is 0.0990. The van der Waals surface area contributed by atoms with Crippen LogP contribution in [0.1, 0.15) is 23.3 Å². The Balaban J connectivity index is 1.77. The number of nitrogens with two attached hydrogens (primary N) is 1. The third-order valence-corrected chi connectivity index (χ3v) is 2.47. The van der Waals surface area contributed by atoms with Crippen LogP contribution in [0.5, 0.6) is 0 Å². The summed E-state index contributed by atoms with van der Waals surface area (Å²) >= 11 is 0. The smallest absolute Gasteiger partial charge is 0.269 e. The van der Waals surface area contributed by atoms with E-state index in [0.29, 0.717) is 18.2 Å². The van der Waals surface area contributed by atoms with Crippen molar-refractivity contribution in [3.63, 3.8) is 0 Å². The average Bonchev–Trinajstić information content (AvgIpc) is 2.90. The second-order valence-corrected chi connectivity index (χ2v) is 3.68. The van der Waals surface area contributed by atoms with Crippen molar-refractivity contribution in [2.24, 2.45) is 11.7 Å². The maximum atomic E-state index is 11.4. The first kappa shape index (κ1) is 9.21. The molecule has 0 radical (unpaired) electrons. The number of amides is 1. The van der Waals surface area contributed by atoms with Gasteiger partial charge in [-0.3, -0.25) is 4.79 Å². The number of imidazole rings is 1. The van der Waals surface area contributed by atoms with E-state index in [1.54, 1.807) is 0 Å². The van der Waals surface area contributed by atoms with E-state index >= 15 is 0 Å². The van der Waals surface area contributed by atoms with E-state index in [-0.39, 0.29) is 11.9 Å². The number of hydrogen-bond donors (Lipinski definition) is 3. The zero-order chi connectivity index (χ0) is 9.97. The van der Waals surface area contributed by atoms with Crippen LogP contribution in [0.2, 0.25) is 0 Å². The first-order valence-corrected chi connectivity index (χ1v) is 4.79. The number of carbonyl (C=O) groups excluding carboxylic acids is 1. The Hall–Kier alpha value is -1.36. The SMILES string of the molecule is NC(CNC(=O)c1cnc[nH]1)C1CC1. The topological polar surface area (TPSA) is 83.8 Å². The lowest BCUT2D eigenvalue weighted by molar-refractivity contribution is 0.0946. The van der Waals surface area contributed by atoms with Gasteiger partial charge in [-0.15, -0.1) is 0 Å². The van der Waals surface area contributed by atoms with Crippen LogP contribution >= 0.6 is 0 Å². The molecule has 0 aromatic carbocycles. The van der Waals surface area contributed by atoms with Crippen molar-refractivity contribution in [2.75, 3.05) is 6.54 Å². The van der Waals surface area contributed by atoms with E-state index in [1.165, 1.54) is 25.4 Å². The quantitative estimate of drug-likeness (QED) is 0.624. The largest absolute Gasteiger partial charge is 0.349 e. The summed E-state index contributed by atoms with van der Waals surface area (Å²) < 4.78 is 0. The van der Waals surface area contributed by atoms with Crippen LogP contribution in [0, 0.1) is 5.92 Å². The molecule has 1 heterocycles.